The molecule has 1 aliphatic rings. The first kappa shape index (κ1) is 16.5. The number of nitrogen functional groups attached to an aromatic ring is 1. The molecule has 2 heterocycles. The molecule has 0 unspecified atom stereocenters. The summed E-state index contributed by atoms with van der Waals surface area (Å²) in [5.74, 6) is 0.869. The fraction of sp³-hybridized carbons (Fsp3) is 0.769. The molecule has 0 bridgehead atoms. The van der Waals surface area contributed by atoms with Crippen molar-refractivity contribution in [3.63, 3.8) is 0 Å². The van der Waals surface area contributed by atoms with Crippen LogP contribution < -0.4 is 11.1 Å². The van der Waals surface area contributed by atoms with Gasteiger partial charge in [0.1, 0.15) is 9.90 Å². The van der Waals surface area contributed by atoms with E-state index in [-0.39, 0.29) is 16.5 Å². The number of piperidine rings is 1. The summed E-state index contributed by atoms with van der Waals surface area (Å²) in [6, 6.07) is 0. The van der Waals surface area contributed by atoms with Gasteiger partial charge in [0, 0.05) is 6.54 Å². The minimum absolute atomic E-state index is 0.0409. The van der Waals surface area contributed by atoms with Crippen LogP contribution in [0.1, 0.15) is 26.2 Å². The SMILES string of the molecule is CCS(=O)(=O)c1c(N)nsc1NCCC1CCN(C)CC1. The van der Waals surface area contributed by atoms with Gasteiger partial charge in [-0.1, -0.05) is 6.92 Å². The van der Waals surface area contributed by atoms with Crippen molar-refractivity contribution in [2.75, 3.05) is 43.5 Å². The van der Waals surface area contributed by atoms with E-state index >= 15 is 0 Å². The Labute approximate surface area is 130 Å². The summed E-state index contributed by atoms with van der Waals surface area (Å²) < 4.78 is 28.1. The van der Waals surface area contributed by atoms with E-state index in [9.17, 15) is 8.42 Å². The molecule has 0 aromatic carbocycles. The van der Waals surface area contributed by atoms with Gasteiger partial charge in [-0.3, -0.25) is 0 Å². The highest BCUT2D eigenvalue weighted by Gasteiger charge is 2.24. The smallest absolute Gasteiger partial charge is 0.184 e. The summed E-state index contributed by atoms with van der Waals surface area (Å²) in [6.45, 7) is 4.68. The zero-order chi connectivity index (χ0) is 15.5. The van der Waals surface area contributed by atoms with Gasteiger partial charge in [-0.15, -0.1) is 0 Å². The molecule has 8 heteroatoms. The third kappa shape index (κ3) is 4.08. The highest BCUT2D eigenvalue weighted by Crippen LogP contribution is 2.32. The number of hydrogen-bond donors (Lipinski definition) is 2. The Balaban J connectivity index is 1.92. The van der Waals surface area contributed by atoms with Crippen molar-refractivity contribution in [1.29, 1.82) is 0 Å². The van der Waals surface area contributed by atoms with E-state index in [4.69, 9.17) is 5.73 Å². The van der Waals surface area contributed by atoms with E-state index in [1.54, 1.807) is 6.92 Å². The minimum Gasteiger partial charge on any atom is -0.382 e. The second-order valence-corrected chi connectivity index (χ2v) is 8.58. The number of nitrogens with two attached hydrogens (primary N) is 1. The van der Waals surface area contributed by atoms with Crippen LogP contribution in [0.4, 0.5) is 10.8 Å². The second kappa shape index (κ2) is 6.93. The maximum absolute atomic E-state index is 12.0. The Hall–Kier alpha value is -0.860. The van der Waals surface area contributed by atoms with Crippen LogP contribution in [0.15, 0.2) is 4.90 Å². The van der Waals surface area contributed by atoms with Crippen LogP contribution in [0.2, 0.25) is 0 Å². The second-order valence-electron chi connectivity index (χ2n) is 5.59. The van der Waals surface area contributed by atoms with Gasteiger partial charge in [-0.05, 0) is 56.9 Å². The molecule has 0 radical (unpaired) electrons. The first-order valence-corrected chi connectivity index (χ1v) is 9.77. The first-order chi connectivity index (χ1) is 9.94. The summed E-state index contributed by atoms with van der Waals surface area (Å²) in [5, 5.41) is 3.80. The molecular formula is C13H24N4O2S2. The molecule has 0 spiro atoms. The summed E-state index contributed by atoms with van der Waals surface area (Å²) in [6.07, 6.45) is 3.48. The Morgan fingerprint density at radius 1 is 1.43 bits per heavy atom. The summed E-state index contributed by atoms with van der Waals surface area (Å²) in [5.41, 5.74) is 5.71. The molecule has 120 valence electrons. The molecular weight excluding hydrogens is 308 g/mol. The predicted molar refractivity (Wildman–Crippen MR) is 87.6 cm³/mol. The Bertz CT molecular complexity index is 563. The fourth-order valence-electron chi connectivity index (χ4n) is 2.59. The average molecular weight is 332 g/mol. The highest BCUT2D eigenvalue weighted by molar-refractivity contribution is 7.91. The number of likely N-dealkylation sites (tertiary alicyclic amines) is 1. The van der Waals surface area contributed by atoms with Crippen LogP contribution >= 0.6 is 11.5 Å². The minimum atomic E-state index is -3.32. The molecule has 3 N–H and O–H groups in total. The van der Waals surface area contributed by atoms with Gasteiger partial charge in [0.25, 0.3) is 0 Å². The number of hydrogen-bond acceptors (Lipinski definition) is 7. The van der Waals surface area contributed by atoms with Crippen molar-refractivity contribution in [2.45, 2.75) is 31.1 Å². The predicted octanol–water partition coefficient (Wildman–Crippen LogP) is 1.66. The Kier molecular flexibility index (Phi) is 5.45. The highest BCUT2D eigenvalue weighted by atomic mass is 32.2. The van der Waals surface area contributed by atoms with Gasteiger partial charge in [0.2, 0.25) is 0 Å². The van der Waals surface area contributed by atoms with E-state index in [1.807, 2.05) is 0 Å². The number of aromatic nitrogens is 1. The Morgan fingerprint density at radius 2 is 2.10 bits per heavy atom. The summed E-state index contributed by atoms with van der Waals surface area (Å²) in [7, 11) is -1.18. The van der Waals surface area contributed by atoms with E-state index in [1.165, 1.54) is 12.8 Å². The number of rotatable bonds is 6. The van der Waals surface area contributed by atoms with Gasteiger partial charge in [0.15, 0.2) is 15.7 Å². The average Bonchev–Trinajstić information content (AvgIpc) is 2.83. The zero-order valence-electron chi connectivity index (χ0n) is 12.6. The molecule has 1 saturated heterocycles. The van der Waals surface area contributed by atoms with Crippen molar-refractivity contribution in [2.24, 2.45) is 5.92 Å². The van der Waals surface area contributed by atoms with Crippen molar-refractivity contribution < 1.29 is 8.42 Å². The van der Waals surface area contributed by atoms with Crippen molar-refractivity contribution >= 4 is 32.2 Å². The molecule has 1 aromatic heterocycles. The number of anilines is 2. The molecule has 0 saturated carbocycles. The topological polar surface area (TPSA) is 88.3 Å². The van der Waals surface area contributed by atoms with E-state index in [0.717, 1.165) is 37.6 Å². The van der Waals surface area contributed by atoms with Gasteiger partial charge in [-0.2, -0.15) is 4.37 Å². The lowest BCUT2D eigenvalue weighted by molar-refractivity contribution is 0.215. The molecule has 0 atom stereocenters. The molecule has 1 fully saturated rings. The maximum Gasteiger partial charge on any atom is 0.184 e. The van der Waals surface area contributed by atoms with E-state index in [2.05, 4.69) is 21.6 Å². The summed E-state index contributed by atoms with van der Waals surface area (Å²) >= 11 is 1.13. The monoisotopic (exact) mass is 332 g/mol. The van der Waals surface area contributed by atoms with Crippen molar-refractivity contribution in [1.82, 2.24) is 9.27 Å². The third-order valence-electron chi connectivity index (χ3n) is 4.04. The maximum atomic E-state index is 12.0. The lowest BCUT2D eigenvalue weighted by atomic mass is 9.94. The van der Waals surface area contributed by atoms with Crippen molar-refractivity contribution in [3.05, 3.63) is 0 Å². The van der Waals surface area contributed by atoms with Crippen LogP contribution in [0.3, 0.4) is 0 Å². The number of nitrogens with zero attached hydrogens (tertiary/aromatic N) is 2. The Morgan fingerprint density at radius 3 is 2.71 bits per heavy atom. The van der Waals surface area contributed by atoms with Gasteiger partial charge in [0.05, 0.1) is 5.75 Å². The molecule has 6 nitrogen and oxygen atoms in total. The molecule has 0 aliphatic carbocycles. The van der Waals surface area contributed by atoms with E-state index in [0.29, 0.717) is 10.9 Å². The van der Waals surface area contributed by atoms with Crippen LogP contribution in [0, 0.1) is 5.92 Å². The standard InChI is InChI=1S/C13H24N4O2S2/c1-3-21(18,19)11-12(14)16-20-13(11)15-7-4-10-5-8-17(2)9-6-10/h10,15H,3-9H2,1-2H3,(H2,14,16). The lowest BCUT2D eigenvalue weighted by Crippen LogP contribution is -2.30. The van der Waals surface area contributed by atoms with Gasteiger partial charge >= 0.3 is 0 Å². The fourth-order valence-corrected chi connectivity index (χ4v) is 4.79. The quantitative estimate of drug-likeness (QED) is 0.824. The molecule has 1 aromatic rings. The third-order valence-corrected chi connectivity index (χ3v) is 6.79. The molecule has 21 heavy (non-hydrogen) atoms. The molecule has 0 amide bonds. The molecule has 1 aliphatic heterocycles. The van der Waals surface area contributed by atoms with Crippen LogP contribution in [0.25, 0.3) is 0 Å². The van der Waals surface area contributed by atoms with Crippen LogP contribution in [-0.2, 0) is 9.84 Å². The lowest BCUT2D eigenvalue weighted by Gasteiger charge is -2.28. The number of sulfone groups is 1. The zero-order valence-corrected chi connectivity index (χ0v) is 14.3. The van der Waals surface area contributed by atoms with Gasteiger partial charge in [-0.25, -0.2) is 8.42 Å². The van der Waals surface area contributed by atoms with E-state index < -0.39 is 9.84 Å². The number of nitrogens with one attached hydrogen (secondary N) is 1. The largest absolute Gasteiger partial charge is 0.382 e. The normalized spacial score (nSPS) is 18.0. The van der Waals surface area contributed by atoms with Crippen molar-refractivity contribution in [3.8, 4) is 0 Å². The van der Waals surface area contributed by atoms with Crippen LogP contribution in [-0.4, -0.2) is 50.1 Å². The first-order valence-electron chi connectivity index (χ1n) is 7.34. The van der Waals surface area contributed by atoms with Crippen LogP contribution in [0.5, 0.6) is 0 Å². The van der Waals surface area contributed by atoms with Gasteiger partial charge < -0.3 is 16.0 Å². The molecule has 2 rings (SSSR count). The summed E-state index contributed by atoms with van der Waals surface area (Å²) in [4.78, 5) is 2.53.